The Labute approximate surface area is 81.8 Å². The maximum atomic E-state index is 9.49. The molecule has 1 heterocycles. The zero-order valence-electron chi connectivity index (χ0n) is 7.74. The molecule has 0 unspecified atom stereocenters. The van der Waals surface area contributed by atoms with Crippen LogP contribution in [-0.2, 0) is 0 Å². The first-order valence-corrected chi connectivity index (χ1v) is 4.63. The molecule has 1 rings (SSSR count). The molecule has 84 valence electrons. The van der Waals surface area contributed by atoms with Crippen LogP contribution in [0.2, 0.25) is 0 Å². The van der Waals surface area contributed by atoms with E-state index < -0.39 is 37.0 Å². The maximum absolute atomic E-state index is 9.49. The topological polar surface area (TPSA) is 113 Å². The number of rotatable bonds is 4. The van der Waals surface area contributed by atoms with Crippen LogP contribution in [0.5, 0.6) is 0 Å². The van der Waals surface area contributed by atoms with Gasteiger partial charge in [-0.1, -0.05) is 0 Å². The molecular weight excluding hydrogens is 190 g/mol. The molecule has 0 amide bonds. The van der Waals surface area contributed by atoms with E-state index in [9.17, 15) is 15.3 Å². The number of aliphatic hydroxyl groups is 5. The van der Waals surface area contributed by atoms with Gasteiger partial charge in [-0.3, -0.25) is 0 Å². The zero-order chi connectivity index (χ0) is 10.7. The van der Waals surface area contributed by atoms with E-state index in [-0.39, 0.29) is 6.61 Å². The van der Waals surface area contributed by atoms with Gasteiger partial charge in [0.15, 0.2) is 0 Å². The number of hydrogen-bond acceptors (Lipinski definition) is 6. The minimum absolute atomic E-state index is 0.108. The van der Waals surface area contributed by atoms with Crippen LogP contribution in [-0.4, -0.2) is 69.1 Å². The van der Waals surface area contributed by atoms with E-state index in [0.717, 1.165) is 0 Å². The van der Waals surface area contributed by atoms with Gasteiger partial charge in [-0.2, -0.15) is 0 Å². The molecule has 0 spiro atoms. The Morgan fingerprint density at radius 2 is 1.79 bits per heavy atom. The Kier molecular flexibility index (Phi) is 4.24. The number of nitrogens with one attached hydrogen (secondary N) is 1. The Morgan fingerprint density at radius 1 is 1.14 bits per heavy atom. The molecule has 5 atom stereocenters. The predicted octanol–water partition coefficient (Wildman–Crippen LogP) is -3.22. The minimum Gasteiger partial charge on any atom is -0.396 e. The van der Waals surface area contributed by atoms with Crippen LogP contribution >= 0.6 is 0 Å². The first-order chi connectivity index (χ1) is 6.61. The van der Waals surface area contributed by atoms with Crippen LogP contribution < -0.4 is 5.32 Å². The van der Waals surface area contributed by atoms with Crippen molar-refractivity contribution in [3.05, 3.63) is 0 Å². The van der Waals surface area contributed by atoms with E-state index in [2.05, 4.69) is 5.32 Å². The normalized spacial score (nSPS) is 40.1. The summed E-state index contributed by atoms with van der Waals surface area (Å²) in [5.74, 6) is 0. The standard InChI is InChI=1S/C8H17NO5/c10-2-1-4-7(13)8(14)6(9-4)5(12)3-11/h4-14H,1-3H2/t4-,5+,6-,7+,8-/m0/s1. The van der Waals surface area contributed by atoms with Gasteiger partial charge in [0, 0.05) is 12.6 Å². The van der Waals surface area contributed by atoms with Crippen LogP contribution in [0.15, 0.2) is 0 Å². The molecule has 1 aliphatic heterocycles. The Hall–Kier alpha value is -0.240. The van der Waals surface area contributed by atoms with E-state index in [1.54, 1.807) is 0 Å². The SMILES string of the molecule is OCC[C@@H]1N[C@@H]([C@H](O)CO)[C@H](O)[C@@H]1O. The van der Waals surface area contributed by atoms with Gasteiger partial charge in [0.05, 0.1) is 31.0 Å². The predicted molar refractivity (Wildman–Crippen MR) is 47.5 cm³/mol. The summed E-state index contributed by atoms with van der Waals surface area (Å²) in [4.78, 5) is 0. The molecule has 6 heteroatoms. The first-order valence-electron chi connectivity index (χ1n) is 4.63. The summed E-state index contributed by atoms with van der Waals surface area (Å²) < 4.78 is 0. The highest BCUT2D eigenvalue weighted by Crippen LogP contribution is 2.19. The van der Waals surface area contributed by atoms with E-state index in [1.807, 2.05) is 0 Å². The second-order valence-electron chi connectivity index (χ2n) is 3.54. The quantitative estimate of drug-likeness (QED) is 0.289. The average molecular weight is 207 g/mol. The highest BCUT2D eigenvalue weighted by Gasteiger charge is 2.43. The Morgan fingerprint density at radius 3 is 2.29 bits per heavy atom. The van der Waals surface area contributed by atoms with Crippen molar-refractivity contribution in [2.75, 3.05) is 13.2 Å². The molecule has 1 aliphatic rings. The second-order valence-corrected chi connectivity index (χ2v) is 3.54. The van der Waals surface area contributed by atoms with Gasteiger partial charge in [0.25, 0.3) is 0 Å². The lowest BCUT2D eigenvalue weighted by Crippen LogP contribution is -2.45. The fraction of sp³-hybridized carbons (Fsp3) is 1.00. The van der Waals surface area contributed by atoms with Gasteiger partial charge in [0.2, 0.25) is 0 Å². The lowest BCUT2D eigenvalue weighted by molar-refractivity contribution is -0.0136. The Balaban J connectivity index is 2.57. The molecule has 0 saturated carbocycles. The lowest BCUT2D eigenvalue weighted by Gasteiger charge is -2.19. The van der Waals surface area contributed by atoms with E-state index >= 15 is 0 Å². The minimum atomic E-state index is -1.12. The monoisotopic (exact) mass is 207 g/mol. The molecule has 0 bridgehead atoms. The summed E-state index contributed by atoms with van der Waals surface area (Å²) in [6.07, 6.45) is -2.95. The van der Waals surface area contributed by atoms with Gasteiger partial charge >= 0.3 is 0 Å². The van der Waals surface area contributed by atoms with Crippen LogP contribution in [0.1, 0.15) is 6.42 Å². The van der Waals surface area contributed by atoms with Crippen molar-refractivity contribution in [3.63, 3.8) is 0 Å². The molecule has 0 aromatic heterocycles. The molecule has 0 radical (unpaired) electrons. The first kappa shape index (κ1) is 11.8. The van der Waals surface area contributed by atoms with Crippen molar-refractivity contribution in [1.29, 1.82) is 0 Å². The summed E-state index contributed by atoms with van der Waals surface area (Å²) in [5, 5.41) is 48.4. The Bertz CT molecular complexity index is 177. The van der Waals surface area contributed by atoms with Crippen molar-refractivity contribution >= 4 is 0 Å². The van der Waals surface area contributed by atoms with Gasteiger partial charge < -0.3 is 30.8 Å². The third kappa shape index (κ3) is 2.22. The molecular formula is C8H17NO5. The largest absolute Gasteiger partial charge is 0.396 e. The van der Waals surface area contributed by atoms with Crippen molar-refractivity contribution in [1.82, 2.24) is 5.32 Å². The van der Waals surface area contributed by atoms with Gasteiger partial charge in [-0.25, -0.2) is 0 Å². The van der Waals surface area contributed by atoms with Crippen LogP contribution in [0.25, 0.3) is 0 Å². The smallest absolute Gasteiger partial charge is 0.0993 e. The number of hydrogen-bond donors (Lipinski definition) is 6. The molecule has 14 heavy (non-hydrogen) atoms. The maximum Gasteiger partial charge on any atom is 0.0993 e. The van der Waals surface area contributed by atoms with Gasteiger partial charge in [-0.15, -0.1) is 0 Å². The van der Waals surface area contributed by atoms with Crippen molar-refractivity contribution in [2.45, 2.75) is 36.8 Å². The second kappa shape index (κ2) is 5.01. The molecule has 1 fully saturated rings. The van der Waals surface area contributed by atoms with Crippen molar-refractivity contribution in [2.24, 2.45) is 0 Å². The fourth-order valence-electron chi connectivity index (χ4n) is 1.74. The lowest BCUT2D eigenvalue weighted by atomic mass is 10.0. The van der Waals surface area contributed by atoms with Crippen molar-refractivity contribution < 1.29 is 25.5 Å². The van der Waals surface area contributed by atoms with Crippen molar-refractivity contribution in [3.8, 4) is 0 Å². The summed E-state index contributed by atoms with van der Waals surface area (Å²) in [6, 6.07) is -1.19. The molecule has 6 nitrogen and oxygen atoms in total. The summed E-state index contributed by atoms with van der Waals surface area (Å²) >= 11 is 0. The molecule has 0 aliphatic carbocycles. The molecule has 0 aromatic rings. The summed E-state index contributed by atoms with van der Waals surface area (Å²) in [6.45, 7) is -0.587. The van der Waals surface area contributed by atoms with E-state index in [1.165, 1.54) is 0 Å². The third-order valence-corrected chi connectivity index (χ3v) is 2.58. The molecule has 1 saturated heterocycles. The fourth-order valence-corrected chi connectivity index (χ4v) is 1.74. The van der Waals surface area contributed by atoms with Gasteiger partial charge in [0.1, 0.15) is 0 Å². The highest BCUT2D eigenvalue weighted by molar-refractivity contribution is 5.00. The highest BCUT2D eigenvalue weighted by atomic mass is 16.3. The third-order valence-electron chi connectivity index (χ3n) is 2.58. The number of aliphatic hydroxyl groups excluding tert-OH is 5. The van der Waals surface area contributed by atoms with Gasteiger partial charge in [-0.05, 0) is 6.42 Å². The molecule has 6 N–H and O–H groups in total. The summed E-state index contributed by atoms with van der Waals surface area (Å²) in [7, 11) is 0. The average Bonchev–Trinajstić information content (AvgIpc) is 2.46. The zero-order valence-corrected chi connectivity index (χ0v) is 7.74. The van der Waals surface area contributed by atoms with E-state index in [0.29, 0.717) is 6.42 Å². The molecule has 0 aromatic carbocycles. The van der Waals surface area contributed by atoms with Crippen LogP contribution in [0.4, 0.5) is 0 Å². The van der Waals surface area contributed by atoms with Crippen LogP contribution in [0, 0.1) is 0 Å². The summed E-state index contributed by atoms with van der Waals surface area (Å²) in [5.41, 5.74) is 0. The van der Waals surface area contributed by atoms with E-state index in [4.69, 9.17) is 10.2 Å². The van der Waals surface area contributed by atoms with Crippen LogP contribution in [0.3, 0.4) is 0 Å².